The van der Waals surface area contributed by atoms with Gasteiger partial charge in [0.25, 0.3) is 0 Å². The molecule has 0 aliphatic rings. The smallest absolute Gasteiger partial charge is 0.133 e. The predicted molar refractivity (Wildman–Crippen MR) is 62.4 cm³/mol. The summed E-state index contributed by atoms with van der Waals surface area (Å²) in [6.07, 6.45) is 0.723. The first kappa shape index (κ1) is 12.1. The van der Waals surface area contributed by atoms with Gasteiger partial charge in [-0.1, -0.05) is 23.7 Å². The van der Waals surface area contributed by atoms with Crippen molar-refractivity contribution in [3.63, 3.8) is 0 Å². The Hall–Kier alpha value is -0.990. The fraction of sp³-hybridized carbons (Fsp3) is 0.333. The molecule has 0 aromatic heterocycles. The van der Waals surface area contributed by atoms with Gasteiger partial charge >= 0.3 is 0 Å². The standard InChI is InChI=1S/C12H15ClO2/c1-4-11(14)12(2,3)15-10-7-5-6-9(13)8-10/h4-8,11,14H,1H2,2-3H3. The summed E-state index contributed by atoms with van der Waals surface area (Å²) in [7, 11) is 0. The number of hydrogen-bond donors (Lipinski definition) is 1. The molecule has 15 heavy (non-hydrogen) atoms. The highest BCUT2D eigenvalue weighted by atomic mass is 35.5. The fourth-order valence-corrected chi connectivity index (χ4v) is 1.36. The third-order valence-corrected chi connectivity index (χ3v) is 2.35. The Kier molecular flexibility index (Phi) is 3.77. The lowest BCUT2D eigenvalue weighted by molar-refractivity contribution is -0.00153. The second kappa shape index (κ2) is 4.69. The van der Waals surface area contributed by atoms with Crippen LogP contribution in [-0.2, 0) is 0 Å². The van der Waals surface area contributed by atoms with E-state index in [9.17, 15) is 5.11 Å². The summed E-state index contributed by atoms with van der Waals surface area (Å²) in [5.74, 6) is 0.633. The number of aliphatic hydroxyl groups excluding tert-OH is 1. The van der Waals surface area contributed by atoms with Crippen molar-refractivity contribution in [2.75, 3.05) is 0 Å². The first-order chi connectivity index (χ1) is 6.95. The maximum atomic E-state index is 9.64. The van der Waals surface area contributed by atoms with Crippen LogP contribution < -0.4 is 4.74 Å². The lowest BCUT2D eigenvalue weighted by atomic mass is 10.0. The monoisotopic (exact) mass is 226 g/mol. The van der Waals surface area contributed by atoms with Crippen LogP contribution in [0, 0.1) is 0 Å². The third kappa shape index (κ3) is 3.26. The molecule has 0 saturated heterocycles. The molecule has 0 aliphatic carbocycles. The summed E-state index contributed by atoms with van der Waals surface area (Å²) in [5.41, 5.74) is -0.716. The highest BCUT2D eigenvalue weighted by molar-refractivity contribution is 6.30. The van der Waals surface area contributed by atoms with Crippen LogP contribution in [0.25, 0.3) is 0 Å². The fourth-order valence-electron chi connectivity index (χ4n) is 1.18. The van der Waals surface area contributed by atoms with E-state index in [1.165, 1.54) is 6.08 Å². The van der Waals surface area contributed by atoms with Crippen molar-refractivity contribution in [1.82, 2.24) is 0 Å². The van der Waals surface area contributed by atoms with Crippen LogP contribution in [0.3, 0.4) is 0 Å². The lowest BCUT2D eigenvalue weighted by Crippen LogP contribution is -2.40. The highest BCUT2D eigenvalue weighted by Crippen LogP contribution is 2.24. The third-order valence-electron chi connectivity index (χ3n) is 2.11. The van der Waals surface area contributed by atoms with E-state index in [1.54, 1.807) is 38.1 Å². The van der Waals surface area contributed by atoms with E-state index in [0.29, 0.717) is 10.8 Å². The summed E-state index contributed by atoms with van der Waals surface area (Å²) in [5, 5.41) is 10.2. The Morgan fingerprint density at radius 1 is 1.53 bits per heavy atom. The van der Waals surface area contributed by atoms with Crippen molar-refractivity contribution in [3.8, 4) is 5.75 Å². The minimum Gasteiger partial charge on any atom is -0.485 e. The number of halogens is 1. The van der Waals surface area contributed by atoms with E-state index in [4.69, 9.17) is 16.3 Å². The van der Waals surface area contributed by atoms with Crippen LogP contribution in [0.1, 0.15) is 13.8 Å². The number of aliphatic hydroxyl groups is 1. The molecule has 1 aromatic carbocycles. The normalized spacial score (nSPS) is 13.3. The molecule has 0 bridgehead atoms. The molecule has 2 nitrogen and oxygen atoms in total. The molecule has 1 N–H and O–H groups in total. The average molecular weight is 227 g/mol. The predicted octanol–water partition coefficient (Wildman–Crippen LogP) is 3.04. The largest absolute Gasteiger partial charge is 0.485 e. The Balaban J connectivity index is 2.81. The van der Waals surface area contributed by atoms with Crippen LogP contribution in [-0.4, -0.2) is 16.8 Å². The second-order valence-corrected chi connectivity index (χ2v) is 4.28. The van der Waals surface area contributed by atoms with E-state index < -0.39 is 11.7 Å². The van der Waals surface area contributed by atoms with E-state index in [-0.39, 0.29) is 0 Å². The van der Waals surface area contributed by atoms with Gasteiger partial charge in [0.1, 0.15) is 17.5 Å². The van der Waals surface area contributed by atoms with Gasteiger partial charge < -0.3 is 9.84 Å². The molecule has 0 spiro atoms. The number of benzene rings is 1. The molecule has 1 atom stereocenters. The van der Waals surface area contributed by atoms with E-state index in [2.05, 4.69) is 6.58 Å². The lowest BCUT2D eigenvalue weighted by Gasteiger charge is -2.29. The summed E-state index contributed by atoms with van der Waals surface area (Å²) >= 11 is 5.82. The Morgan fingerprint density at radius 3 is 2.73 bits per heavy atom. The van der Waals surface area contributed by atoms with E-state index >= 15 is 0 Å². The van der Waals surface area contributed by atoms with Crippen molar-refractivity contribution < 1.29 is 9.84 Å². The second-order valence-electron chi connectivity index (χ2n) is 3.84. The van der Waals surface area contributed by atoms with Crippen LogP contribution in [0.2, 0.25) is 5.02 Å². The van der Waals surface area contributed by atoms with Crippen molar-refractivity contribution in [3.05, 3.63) is 41.9 Å². The van der Waals surface area contributed by atoms with Crippen LogP contribution in [0.4, 0.5) is 0 Å². The van der Waals surface area contributed by atoms with Gasteiger partial charge in [-0.3, -0.25) is 0 Å². The van der Waals surface area contributed by atoms with Gasteiger partial charge in [-0.2, -0.15) is 0 Å². The van der Waals surface area contributed by atoms with Gasteiger partial charge in [0.2, 0.25) is 0 Å². The molecule has 0 amide bonds. The zero-order valence-corrected chi connectivity index (χ0v) is 9.66. The maximum Gasteiger partial charge on any atom is 0.133 e. The van der Waals surface area contributed by atoms with Gasteiger partial charge in [-0.25, -0.2) is 0 Å². The summed E-state index contributed by atoms with van der Waals surface area (Å²) in [6.45, 7) is 7.11. The topological polar surface area (TPSA) is 29.5 Å². The van der Waals surface area contributed by atoms with E-state index in [0.717, 1.165) is 0 Å². The number of hydrogen-bond acceptors (Lipinski definition) is 2. The Morgan fingerprint density at radius 2 is 2.20 bits per heavy atom. The zero-order valence-electron chi connectivity index (χ0n) is 8.90. The molecular weight excluding hydrogens is 212 g/mol. The first-order valence-corrected chi connectivity index (χ1v) is 5.09. The molecule has 1 unspecified atom stereocenters. The van der Waals surface area contributed by atoms with Crippen molar-refractivity contribution >= 4 is 11.6 Å². The SMILES string of the molecule is C=CC(O)C(C)(C)Oc1cccc(Cl)c1. The Bertz CT molecular complexity index is 347. The molecule has 82 valence electrons. The molecule has 0 aliphatic heterocycles. The van der Waals surface area contributed by atoms with Gasteiger partial charge in [-0.05, 0) is 32.0 Å². The summed E-state index contributed by atoms with van der Waals surface area (Å²) in [6, 6.07) is 7.07. The van der Waals surface area contributed by atoms with Crippen molar-refractivity contribution in [2.45, 2.75) is 25.6 Å². The molecule has 0 saturated carbocycles. The van der Waals surface area contributed by atoms with Crippen molar-refractivity contribution in [1.29, 1.82) is 0 Å². The highest BCUT2D eigenvalue weighted by Gasteiger charge is 2.27. The number of rotatable bonds is 4. The molecule has 0 radical (unpaired) electrons. The van der Waals surface area contributed by atoms with Crippen molar-refractivity contribution in [2.24, 2.45) is 0 Å². The molecule has 1 rings (SSSR count). The number of ether oxygens (including phenoxy) is 1. The van der Waals surface area contributed by atoms with Gasteiger partial charge in [0.15, 0.2) is 0 Å². The van der Waals surface area contributed by atoms with Gasteiger partial charge in [-0.15, -0.1) is 6.58 Å². The van der Waals surface area contributed by atoms with E-state index in [1.807, 2.05) is 0 Å². The van der Waals surface area contributed by atoms with Gasteiger partial charge in [0.05, 0.1) is 0 Å². The quantitative estimate of drug-likeness (QED) is 0.800. The van der Waals surface area contributed by atoms with Crippen LogP contribution >= 0.6 is 11.6 Å². The van der Waals surface area contributed by atoms with Crippen LogP contribution in [0.15, 0.2) is 36.9 Å². The summed E-state index contributed by atoms with van der Waals surface area (Å²) in [4.78, 5) is 0. The van der Waals surface area contributed by atoms with Crippen LogP contribution in [0.5, 0.6) is 5.75 Å². The maximum absolute atomic E-state index is 9.64. The van der Waals surface area contributed by atoms with Gasteiger partial charge in [0, 0.05) is 5.02 Å². The average Bonchev–Trinajstić information content (AvgIpc) is 2.15. The molecule has 3 heteroatoms. The molecule has 0 fully saturated rings. The summed E-state index contributed by atoms with van der Waals surface area (Å²) < 4.78 is 5.63. The zero-order chi connectivity index (χ0) is 11.5. The first-order valence-electron chi connectivity index (χ1n) is 4.71. The Labute approximate surface area is 95.1 Å². The minimum atomic E-state index is -0.725. The molecular formula is C12H15ClO2. The molecule has 1 aromatic rings. The molecule has 0 heterocycles. The minimum absolute atomic E-state index is 0.608.